The first-order chi connectivity index (χ1) is 10.2. The van der Waals surface area contributed by atoms with Crippen LogP contribution in [0.1, 0.15) is 64.7 Å². The lowest BCUT2D eigenvalue weighted by Gasteiger charge is -2.36. The Kier molecular flexibility index (Phi) is 14.0. The van der Waals surface area contributed by atoms with Gasteiger partial charge in [0.05, 0.1) is 0 Å². The zero-order chi connectivity index (χ0) is 16.0. The van der Waals surface area contributed by atoms with E-state index in [1.807, 2.05) is 11.8 Å². The van der Waals surface area contributed by atoms with Crippen LogP contribution in [0.2, 0.25) is 0 Å². The Morgan fingerprint density at radius 1 is 0.810 bits per heavy atom. The van der Waals surface area contributed by atoms with Gasteiger partial charge in [-0.1, -0.05) is 45.4 Å². The average molecular weight is 321 g/mol. The molecule has 3 nitrogen and oxygen atoms in total. The first-order valence-electron chi connectivity index (χ1n) is 8.35. The second-order valence-corrected chi connectivity index (χ2v) is 6.59. The van der Waals surface area contributed by atoms with Gasteiger partial charge >= 0.3 is 0 Å². The van der Waals surface area contributed by atoms with Gasteiger partial charge in [0.25, 0.3) is 5.97 Å². The minimum atomic E-state index is -0.873. The highest BCUT2D eigenvalue weighted by Crippen LogP contribution is 2.32. The van der Waals surface area contributed by atoms with Gasteiger partial charge in [-0.3, -0.25) is 0 Å². The van der Waals surface area contributed by atoms with Crippen LogP contribution in [0.5, 0.6) is 0 Å². The summed E-state index contributed by atoms with van der Waals surface area (Å²) in [7, 11) is 5.03. The zero-order valence-electron chi connectivity index (χ0n) is 14.8. The number of ether oxygens (including phenoxy) is 3. The van der Waals surface area contributed by atoms with Gasteiger partial charge in [-0.2, -0.15) is 11.8 Å². The predicted octanol–water partition coefficient (Wildman–Crippen LogP) is 5.09. The topological polar surface area (TPSA) is 27.7 Å². The van der Waals surface area contributed by atoms with E-state index in [0.29, 0.717) is 5.92 Å². The Bertz CT molecular complexity index is 212. The van der Waals surface area contributed by atoms with Crippen LogP contribution in [0.3, 0.4) is 0 Å². The summed E-state index contributed by atoms with van der Waals surface area (Å²) in [6.45, 7) is 2.26. The summed E-state index contributed by atoms with van der Waals surface area (Å²) < 4.78 is 16.7. The van der Waals surface area contributed by atoms with Crippen molar-refractivity contribution in [2.45, 2.75) is 70.7 Å². The Labute approximate surface area is 136 Å². The molecule has 0 radical (unpaired) electrons. The molecule has 0 bridgehead atoms. The maximum Gasteiger partial charge on any atom is 0.285 e. The highest BCUT2D eigenvalue weighted by Gasteiger charge is 2.39. The molecular weight excluding hydrogens is 284 g/mol. The summed E-state index contributed by atoms with van der Waals surface area (Å²) in [5.41, 5.74) is 0. The molecule has 4 heteroatoms. The summed E-state index contributed by atoms with van der Waals surface area (Å²) in [4.78, 5) is 0. The van der Waals surface area contributed by atoms with Crippen LogP contribution in [-0.2, 0) is 14.2 Å². The van der Waals surface area contributed by atoms with Crippen molar-refractivity contribution in [1.29, 1.82) is 0 Å². The van der Waals surface area contributed by atoms with Gasteiger partial charge in [0.15, 0.2) is 0 Å². The third-order valence-corrected chi connectivity index (χ3v) is 4.86. The number of hydrogen-bond donors (Lipinski definition) is 0. The Morgan fingerprint density at radius 3 is 1.86 bits per heavy atom. The highest BCUT2D eigenvalue weighted by atomic mass is 32.2. The van der Waals surface area contributed by atoms with Crippen LogP contribution >= 0.6 is 11.8 Å². The summed E-state index contributed by atoms with van der Waals surface area (Å²) in [6, 6.07) is 0. The zero-order valence-corrected chi connectivity index (χ0v) is 15.6. The second-order valence-electron chi connectivity index (χ2n) is 5.60. The lowest BCUT2D eigenvalue weighted by Crippen LogP contribution is -2.44. The molecule has 0 aliphatic heterocycles. The number of hydrogen-bond acceptors (Lipinski definition) is 4. The first-order valence-corrected chi connectivity index (χ1v) is 9.74. The fraction of sp³-hybridized carbons (Fsp3) is 1.00. The SMILES string of the molecule is CCCCCCCCC(CCCSC)C(OC)(OC)OC. The van der Waals surface area contributed by atoms with Crippen molar-refractivity contribution >= 4 is 11.8 Å². The smallest absolute Gasteiger partial charge is 0.285 e. The van der Waals surface area contributed by atoms with E-state index in [-0.39, 0.29) is 0 Å². The maximum absolute atomic E-state index is 5.57. The molecule has 0 aromatic carbocycles. The van der Waals surface area contributed by atoms with E-state index in [1.165, 1.54) is 50.7 Å². The molecule has 0 rings (SSSR count). The molecule has 0 aromatic rings. The van der Waals surface area contributed by atoms with Crippen molar-refractivity contribution in [3.05, 3.63) is 0 Å². The van der Waals surface area contributed by atoms with Crippen LogP contribution in [0.4, 0.5) is 0 Å². The molecular formula is C17H36O3S. The van der Waals surface area contributed by atoms with Crippen LogP contribution in [0, 0.1) is 5.92 Å². The van der Waals surface area contributed by atoms with E-state index in [1.54, 1.807) is 21.3 Å². The van der Waals surface area contributed by atoms with Crippen molar-refractivity contribution in [2.24, 2.45) is 5.92 Å². The van der Waals surface area contributed by atoms with E-state index in [9.17, 15) is 0 Å². The van der Waals surface area contributed by atoms with E-state index >= 15 is 0 Å². The number of thioether (sulfide) groups is 1. The van der Waals surface area contributed by atoms with Crippen molar-refractivity contribution < 1.29 is 14.2 Å². The highest BCUT2D eigenvalue weighted by molar-refractivity contribution is 7.98. The van der Waals surface area contributed by atoms with E-state index in [0.717, 1.165) is 12.8 Å². The molecule has 0 fully saturated rings. The molecule has 0 N–H and O–H groups in total. The molecule has 0 heterocycles. The summed E-state index contributed by atoms with van der Waals surface area (Å²) >= 11 is 1.89. The maximum atomic E-state index is 5.57. The molecule has 128 valence electrons. The number of rotatable bonds is 15. The van der Waals surface area contributed by atoms with Crippen molar-refractivity contribution in [1.82, 2.24) is 0 Å². The van der Waals surface area contributed by atoms with Gasteiger partial charge in [0.1, 0.15) is 0 Å². The summed E-state index contributed by atoms with van der Waals surface area (Å²) in [6.07, 6.45) is 13.4. The molecule has 0 aromatic heterocycles. The third kappa shape index (κ3) is 8.44. The second kappa shape index (κ2) is 13.9. The van der Waals surface area contributed by atoms with Crippen LogP contribution in [-0.4, -0.2) is 39.3 Å². The van der Waals surface area contributed by atoms with Gasteiger partial charge in [0, 0.05) is 27.2 Å². The molecule has 0 amide bonds. The molecule has 0 saturated heterocycles. The van der Waals surface area contributed by atoms with E-state index in [4.69, 9.17) is 14.2 Å². The van der Waals surface area contributed by atoms with E-state index < -0.39 is 5.97 Å². The fourth-order valence-electron chi connectivity index (χ4n) is 2.89. The van der Waals surface area contributed by atoms with Gasteiger partial charge in [-0.25, -0.2) is 0 Å². The average Bonchev–Trinajstić information content (AvgIpc) is 2.52. The van der Waals surface area contributed by atoms with Gasteiger partial charge in [0.2, 0.25) is 0 Å². The Hall–Kier alpha value is 0.230. The molecule has 0 aliphatic carbocycles. The largest absolute Gasteiger partial charge is 0.331 e. The normalized spacial score (nSPS) is 13.6. The summed E-state index contributed by atoms with van der Waals surface area (Å²) in [5, 5.41) is 0. The first kappa shape index (κ1) is 21.2. The molecule has 0 saturated carbocycles. The lowest BCUT2D eigenvalue weighted by atomic mass is 9.93. The van der Waals surface area contributed by atoms with Gasteiger partial charge in [-0.05, 0) is 31.3 Å². The lowest BCUT2D eigenvalue weighted by molar-refractivity contribution is -0.380. The minimum absolute atomic E-state index is 0.302. The predicted molar refractivity (Wildman–Crippen MR) is 92.9 cm³/mol. The van der Waals surface area contributed by atoms with Crippen molar-refractivity contribution in [2.75, 3.05) is 33.3 Å². The fourth-order valence-corrected chi connectivity index (χ4v) is 3.35. The number of methoxy groups -OCH3 is 3. The molecule has 1 unspecified atom stereocenters. The quantitative estimate of drug-likeness (QED) is 0.310. The van der Waals surface area contributed by atoms with Crippen molar-refractivity contribution in [3.63, 3.8) is 0 Å². The van der Waals surface area contributed by atoms with Gasteiger partial charge in [-0.15, -0.1) is 0 Å². The Morgan fingerprint density at radius 2 is 1.33 bits per heavy atom. The van der Waals surface area contributed by atoms with Gasteiger partial charge < -0.3 is 14.2 Å². The van der Waals surface area contributed by atoms with Crippen LogP contribution in [0.25, 0.3) is 0 Å². The Balaban J connectivity index is 4.30. The van der Waals surface area contributed by atoms with E-state index in [2.05, 4.69) is 13.2 Å². The van der Waals surface area contributed by atoms with Crippen LogP contribution < -0.4 is 0 Å². The van der Waals surface area contributed by atoms with Crippen molar-refractivity contribution in [3.8, 4) is 0 Å². The molecule has 1 atom stereocenters. The summed E-state index contributed by atoms with van der Waals surface area (Å²) in [5.74, 6) is 0.609. The molecule has 0 spiro atoms. The molecule has 0 aliphatic rings. The molecule has 21 heavy (non-hydrogen) atoms. The monoisotopic (exact) mass is 320 g/mol. The minimum Gasteiger partial charge on any atom is -0.331 e. The third-order valence-electron chi connectivity index (χ3n) is 4.16. The standard InChI is InChI=1S/C17H36O3S/c1-6-7-8-9-10-11-13-16(14-12-15-21-5)17(18-2,19-3)20-4/h16H,6-15H2,1-5H3. The van der Waals surface area contributed by atoms with Crippen LogP contribution in [0.15, 0.2) is 0 Å². The number of unbranched alkanes of at least 4 members (excludes halogenated alkanes) is 5.